The lowest BCUT2D eigenvalue weighted by atomic mass is 10.0. The van der Waals surface area contributed by atoms with Gasteiger partial charge in [-0.3, -0.25) is 4.98 Å². The number of rotatable bonds is 7. The van der Waals surface area contributed by atoms with E-state index in [9.17, 15) is 0 Å². The largest absolute Gasteiger partial charge is 0.489 e. The van der Waals surface area contributed by atoms with Crippen LogP contribution in [0, 0.1) is 0 Å². The van der Waals surface area contributed by atoms with Crippen LogP contribution in [0.25, 0.3) is 10.9 Å². The second kappa shape index (κ2) is 7.25. The van der Waals surface area contributed by atoms with Gasteiger partial charge in [0.15, 0.2) is 0 Å². The Balaban J connectivity index is 2.16. The number of benzene rings is 1. The summed E-state index contributed by atoms with van der Waals surface area (Å²) in [6.45, 7) is 4.38. The first kappa shape index (κ1) is 14.8. The highest BCUT2D eigenvalue weighted by atomic mass is 16.5. The van der Waals surface area contributed by atoms with Gasteiger partial charge >= 0.3 is 0 Å². The fourth-order valence-corrected chi connectivity index (χ4v) is 2.57. The van der Waals surface area contributed by atoms with Crippen molar-refractivity contribution in [3.63, 3.8) is 0 Å². The molecule has 2 unspecified atom stereocenters. The molecule has 0 spiro atoms. The first-order chi connectivity index (χ1) is 9.78. The summed E-state index contributed by atoms with van der Waals surface area (Å²) in [6, 6.07) is 10.5. The monoisotopic (exact) mass is 272 g/mol. The van der Waals surface area contributed by atoms with E-state index in [1.165, 1.54) is 0 Å². The molecular weight excluding hydrogens is 248 g/mol. The fourth-order valence-electron chi connectivity index (χ4n) is 2.57. The van der Waals surface area contributed by atoms with Crippen LogP contribution in [0.3, 0.4) is 0 Å². The van der Waals surface area contributed by atoms with Gasteiger partial charge in [0.05, 0.1) is 5.52 Å². The number of ether oxygens (including phenoxy) is 1. The zero-order valence-corrected chi connectivity index (χ0v) is 12.6. The highest BCUT2D eigenvalue weighted by Crippen LogP contribution is 2.22. The van der Waals surface area contributed by atoms with Crippen molar-refractivity contribution in [1.82, 2.24) is 10.3 Å². The number of hydrogen-bond acceptors (Lipinski definition) is 3. The number of fused-ring (bicyclic) bond motifs is 1. The quantitative estimate of drug-likeness (QED) is 0.833. The smallest absolute Gasteiger partial charge is 0.122 e. The molecule has 108 valence electrons. The number of nitrogens with one attached hydrogen (secondary N) is 1. The lowest BCUT2D eigenvalue weighted by molar-refractivity contribution is 0.147. The number of hydrogen-bond donors (Lipinski definition) is 1. The number of nitrogens with zero attached hydrogens (tertiary/aromatic N) is 1. The van der Waals surface area contributed by atoms with Crippen LogP contribution in [0.2, 0.25) is 0 Å². The summed E-state index contributed by atoms with van der Waals surface area (Å²) in [6.07, 6.45) is 5.29. The maximum atomic E-state index is 6.17. The summed E-state index contributed by atoms with van der Waals surface area (Å²) >= 11 is 0. The minimum atomic E-state index is 0.195. The molecule has 2 aromatic rings. The molecule has 3 heteroatoms. The minimum absolute atomic E-state index is 0.195. The van der Waals surface area contributed by atoms with Gasteiger partial charge in [-0.2, -0.15) is 0 Å². The van der Waals surface area contributed by atoms with E-state index >= 15 is 0 Å². The van der Waals surface area contributed by atoms with Crippen LogP contribution in [-0.4, -0.2) is 24.2 Å². The third-order valence-corrected chi connectivity index (χ3v) is 3.69. The van der Waals surface area contributed by atoms with Crippen LogP contribution < -0.4 is 10.1 Å². The van der Waals surface area contributed by atoms with Crippen LogP contribution in [0.5, 0.6) is 5.75 Å². The zero-order chi connectivity index (χ0) is 14.4. The van der Waals surface area contributed by atoms with Crippen molar-refractivity contribution >= 4 is 10.9 Å². The normalized spacial score (nSPS) is 14.2. The average Bonchev–Trinajstić information content (AvgIpc) is 2.50. The van der Waals surface area contributed by atoms with Crippen molar-refractivity contribution in [2.45, 2.75) is 45.3 Å². The Morgan fingerprint density at radius 1 is 1.25 bits per heavy atom. The Labute approximate surface area is 121 Å². The Hall–Kier alpha value is -1.61. The minimum Gasteiger partial charge on any atom is -0.489 e. The Morgan fingerprint density at radius 2 is 2.10 bits per heavy atom. The van der Waals surface area contributed by atoms with E-state index in [1.807, 2.05) is 31.4 Å². The van der Waals surface area contributed by atoms with Crippen LogP contribution in [0.4, 0.5) is 0 Å². The molecule has 2 atom stereocenters. The van der Waals surface area contributed by atoms with Gasteiger partial charge in [0, 0.05) is 23.7 Å². The van der Waals surface area contributed by atoms with Crippen molar-refractivity contribution in [2.24, 2.45) is 0 Å². The van der Waals surface area contributed by atoms with E-state index in [1.54, 1.807) is 0 Å². The topological polar surface area (TPSA) is 34.1 Å². The van der Waals surface area contributed by atoms with E-state index < -0.39 is 0 Å². The van der Waals surface area contributed by atoms with Crippen molar-refractivity contribution in [3.8, 4) is 5.75 Å². The molecule has 0 saturated heterocycles. The third kappa shape index (κ3) is 3.48. The average molecular weight is 272 g/mol. The van der Waals surface area contributed by atoms with E-state index in [-0.39, 0.29) is 6.10 Å². The molecule has 0 aliphatic rings. The predicted molar refractivity (Wildman–Crippen MR) is 84.2 cm³/mol. The molecule has 0 amide bonds. The van der Waals surface area contributed by atoms with Gasteiger partial charge in [-0.1, -0.05) is 26.3 Å². The summed E-state index contributed by atoms with van der Waals surface area (Å²) in [5, 5.41) is 4.52. The fraction of sp³-hybridized carbons (Fsp3) is 0.471. The maximum absolute atomic E-state index is 6.17. The molecule has 0 bridgehead atoms. The summed E-state index contributed by atoms with van der Waals surface area (Å²) in [5.41, 5.74) is 0.983. The summed E-state index contributed by atoms with van der Waals surface area (Å²) in [7, 11) is 2.01. The van der Waals surface area contributed by atoms with Crippen LogP contribution in [0.1, 0.15) is 33.1 Å². The highest BCUT2D eigenvalue weighted by Gasteiger charge is 2.19. The summed E-state index contributed by atoms with van der Waals surface area (Å²) in [4.78, 5) is 4.38. The van der Waals surface area contributed by atoms with E-state index in [2.05, 4.69) is 36.3 Å². The first-order valence-electron chi connectivity index (χ1n) is 7.47. The molecule has 0 radical (unpaired) electrons. The molecule has 3 nitrogen and oxygen atoms in total. The molecule has 0 fully saturated rings. The van der Waals surface area contributed by atoms with Gasteiger partial charge in [-0.25, -0.2) is 0 Å². The highest BCUT2D eigenvalue weighted by molar-refractivity contribution is 5.79. The number of aromatic nitrogens is 1. The molecule has 20 heavy (non-hydrogen) atoms. The van der Waals surface area contributed by atoms with Crippen LogP contribution in [-0.2, 0) is 0 Å². The van der Waals surface area contributed by atoms with Crippen molar-refractivity contribution < 1.29 is 4.74 Å². The Morgan fingerprint density at radius 3 is 2.80 bits per heavy atom. The van der Waals surface area contributed by atoms with Gasteiger partial charge in [-0.15, -0.1) is 0 Å². The van der Waals surface area contributed by atoms with Crippen molar-refractivity contribution in [2.75, 3.05) is 7.05 Å². The molecule has 0 saturated carbocycles. The molecular formula is C17H24N2O. The Kier molecular flexibility index (Phi) is 5.36. The second-order valence-electron chi connectivity index (χ2n) is 5.11. The molecule has 2 rings (SSSR count). The molecule has 0 aliphatic carbocycles. The number of likely N-dealkylation sites (N-methyl/N-ethyl adjacent to an activating group) is 1. The number of pyridine rings is 1. The maximum Gasteiger partial charge on any atom is 0.122 e. The van der Waals surface area contributed by atoms with Gasteiger partial charge in [0.1, 0.15) is 11.9 Å². The lowest BCUT2D eigenvalue weighted by Gasteiger charge is -2.26. The molecule has 1 aromatic heterocycles. The zero-order valence-electron chi connectivity index (χ0n) is 12.6. The molecule has 1 N–H and O–H groups in total. The van der Waals surface area contributed by atoms with Gasteiger partial charge in [-0.05, 0) is 38.1 Å². The predicted octanol–water partition coefficient (Wildman–Crippen LogP) is 3.78. The summed E-state index contributed by atoms with van der Waals surface area (Å²) in [5.74, 6) is 0.902. The van der Waals surface area contributed by atoms with Gasteiger partial charge < -0.3 is 10.1 Å². The van der Waals surface area contributed by atoms with Crippen LogP contribution >= 0.6 is 0 Å². The van der Waals surface area contributed by atoms with Crippen molar-refractivity contribution in [3.05, 3.63) is 36.5 Å². The lowest BCUT2D eigenvalue weighted by Crippen LogP contribution is -2.40. The molecule has 1 aromatic carbocycles. The molecule has 0 aliphatic heterocycles. The SMILES string of the molecule is CCCC(NC)C(CC)Oc1ccc2cccnc2c1. The standard InChI is InChI=1S/C17H24N2O/c1-4-7-15(18-3)17(5-2)20-14-10-9-13-8-6-11-19-16(13)12-14/h6,8-12,15,17-18H,4-5,7H2,1-3H3. The van der Waals surface area contributed by atoms with Crippen LogP contribution in [0.15, 0.2) is 36.5 Å². The van der Waals surface area contributed by atoms with Crippen molar-refractivity contribution in [1.29, 1.82) is 0 Å². The first-order valence-corrected chi connectivity index (χ1v) is 7.47. The molecule has 1 heterocycles. The second-order valence-corrected chi connectivity index (χ2v) is 5.11. The van der Waals surface area contributed by atoms with E-state index in [0.717, 1.165) is 35.9 Å². The van der Waals surface area contributed by atoms with E-state index in [4.69, 9.17) is 4.74 Å². The summed E-state index contributed by atoms with van der Waals surface area (Å²) < 4.78 is 6.17. The third-order valence-electron chi connectivity index (χ3n) is 3.69. The Bertz CT molecular complexity index is 541. The van der Waals surface area contributed by atoms with Gasteiger partial charge in [0.2, 0.25) is 0 Å². The van der Waals surface area contributed by atoms with E-state index in [0.29, 0.717) is 6.04 Å². The van der Waals surface area contributed by atoms with Gasteiger partial charge in [0.25, 0.3) is 0 Å².